The average Bonchev–Trinajstić information content (AvgIpc) is 3.04. The molecule has 0 amide bonds. The summed E-state index contributed by atoms with van der Waals surface area (Å²) in [5, 5.41) is 13.2. The van der Waals surface area contributed by atoms with E-state index in [0.717, 1.165) is 19.6 Å². The Morgan fingerprint density at radius 1 is 1.44 bits per heavy atom. The Labute approximate surface area is 112 Å². The van der Waals surface area contributed by atoms with Crippen LogP contribution in [0, 0.1) is 22.7 Å². The van der Waals surface area contributed by atoms with Crippen molar-refractivity contribution in [3.63, 3.8) is 0 Å². The van der Waals surface area contributed by atoms with Crippen molar-refractivity contribution < 1.29 is 0 Å². The summed E-state index contributed by atoms with van der Waals surface area (Å²) in [6, 6.07) is 2.99. The van der Waals surface area contributed by atoms with E-state index in [2.05, 4.69) is 44.0 Å². The lowest BCUT2D eigenvalue weighted by molar-refractivity contribution is 0.202. The van der Waals surface area contributed by atoms with Crippen LogP contribution < -0.4 is 5.32 Å². The molecule has 2 rings (SSSR count). The molecule has 18 heavy (non-hydrogen) atoms. The first-order chi connectivity index (χ1) is 8.37. The second kappa shape index (κ2) is 4.83. The van der Waals surface area contributed by atoms with Gasteiger partial charge in [0.05, 0.1) is 6.07 Å². The minimum Gasteiger partial charge on any atom is -0.300 e. The van der Waals surface area contributed by atoms with Crippen molar-refractivity contribution in [2.24, 2.45) is 11.3 Å². The predicted molar refractivity (Wildman–Crippen MR) is 74.2 cm³/mol. The van der Waals surface area contributed by atoms with E-state index in [1.165, 1.54) is 19.3 Å². The Morgan fingerprint density at radius 3 is 2.50 bits per heavy atom. The van der Waals surface area contributed by atoms with E-state index in [4.69, 9.17) is 0 Å². The topological polar surface area (TPSA) is 39.1 Å². The van der Waals surface area contributed by atoms with Crippen LogP contribution in [-0.2, 0) is 0 Å². The Morgan fingerprint density at radius 2 is 2.11 bits per heavy atom. The molecule has 1 atom stereocenters. The van der Waals surface area contributed by atoms with E-state index >= 15 is 0 Å². The first kappa shape index (κ1) is 13.8. The number of hydrogen-bond acceptors (Lipinski definition) is 3. The quantitative estimate of drug-likeness (QED) is 0.813. The van der Waals surface area contributed by atoms with Crippen LogP contribution in [-0.4, -0.2) is 36.1 Å². The van der Waals surface area contributed by atoms with Crippen LogP contribution in [0.4, 0.5) is 0 Å². The number of likely N-dealkylation sites (tertiary alicyclic amines) is 1. The summed E-state index contributed by atoms with van der Waals surface area (Å²) in [4.78, 5) is 2.48. The van der Waals surface area contributed by atoms with Gasteiger partial charge in [0, 0.05) is 19.1 Å². The number of rotatable bonds is 5. The molecule has 0 aromatic heterocycles. The molecule has 1 unspecified atom stereocenters. The molecule has 2 aliphatic rings. The van der Waals surface area contributed by atoms with Crippen molar-refractivity contribution in [2.45, 2.75) is 58.5 Å². The standard InChI is InChI=1S/C15H27N3/c1-12(2)17-15(9-16,13-5-6-13)11-18-8-7-14(3,4)10-18/h12-13,17H,5-8,10-11H2,1-4H3. The van der Waals surface area contributed by atoms with Gasteiger partial charge >= 0.3 is 0 Å². The molecule has 0 bridgehead atoms. The molecule has 0 radical (unpaired) electrons. The highest BCUT2D eigenvalue weighted by molar-refractivity contribution is 5.17. The maximum absolute atomic E-state index is 9.69. The minimum absolute atomic E-state index is 0.311. The van der Waals surface area contributed by atoms with Crippen LogP contribution >= 0.6 is 0 Å². The van der Waals surface area contributed by atoms with E-state index in [0.29, 0.717) is 17.4 Å². The van der Waals surface area contributed by atoms with E-state index in [1.54, 1.807) is 0 Å². The summed E-state index contributed by atoms with van der Waals surface area (Å²) in [5.41, 5.74) is 0.108. The largest absolute Gasteiger partial charge is 0.300 e. The van der Waals surface area contributed by atoms with Crippen LogP contribution in [0.1, 0.15) is 47.0 Å². The fraction of sp³-hybridized carbons (Fsp3) is 0.933. The smallest absolute Gasteiger partial charge is 0.122 e. The van der Waals surface area contributed by atoms with Crippen molar-refractivity contribution in [1.82, 2.24) is 10.2 Å². The molecule has 3 nitrogen and oxygen atoms in total. The van der Waals surface area contributed by atoms with Crippen LogP contribution in [0.2, 0.25) is 0 Å². The zero-order valence-electron chi connectivity index (χ0n) is 12.3. The van der Waals surface area contributed by atoms with Gasteiger partial charge in [-0.25, -0.2) is 0 Å². The first-order valence-electron chi connectivity index (χ1n) is 7.28. The highest BCUT2D eigenvalue weighted by Gasteiger charge is 2.48. The van der Waals surface area contributed by atoms with Crippen LogP contribution in [0.25, 0.3) is 0 Å². The van der Waals surface area contributed by atoms with Gasteiger partial charge in [-0.15, -0.1) is 0 Å². The lowest BCUT2D eigenvalue weighted by atomic mass is 9.92. The molecule has 1 N–H and O–H groups in total. The summed E-state index contributed by atoms with van der Waals surface area (Å²) in [6.07, 6.45) is 3.68. The van der Waals surface area contributed by atoms with E-state index in [1.807, 2.05) is 0 Å². The second-order valence-corrected chi connectivity index (χ2v) is 7.28. The number of hydrogen-bond donors (Lipinski definition) is 1. The molecular weight excluding hydrogens is 222 g/mol. The zero-order chi connectivity index (χ0) is 13.4. The Balaban J connectivity index is 2.04. The fourth-order valence-electron chi connectivity index (χ4n) is 3.25. The molecule has 0 aromatic carbocycles. The zero-order valence-corrected chi connectivity index (χ0v) is 12.3. The van der Waals surface area contributed by atoms with Gasteiger partial charge in [0.1, 0.15) is 5.54 Å². The Bertz CT molecular complexity index is 338. The first-order valence-corrected chi connectivity index (χ1v) is 7.28. The molecule has 102 valence electrons. The molecule has 0 spiro atoms. The summed E-state index contributed by atoms with van der Waals surface area (Å²) in [6.45, 7) is 12.1. The molecule has 1 aliphatic heterocycles. The van der Waals surface area contributed by atoms with Gasteiger partial charge in [-0.3, -0.25) is 10.2 Å². The maximum Gasteiger partial charge on any atom is 0.122 e. The van der Waals surface area contributed by atoms with Gasteiger partial charge in [0.2, 0.25) is 0 Å². The summed E-state index contributed by atoms with van der Waals surface area (Å²) >= 11 is 0. The molecular formula is C15H27N3. The van der Waals surface area contributed by atoms with Gasteiger partial charge in [-0.05, 0) is 51.0 Å². The van der Waals surface area contributed by atoms with Crippen LogP contribution in [0.3, 0.4) is 0 Å². The van der Waals surface area contributed by atoms with E-state index < -0.39 is 0 Å². The molecule has 1 aliphatic carbocycles. The SMILES string of the molecule is CC(C)NC(C#N)(CN1CCC(C)(C)C1)C1CC1. The third-order valence-electron chi connectivity index (χ3n) is 4.25. The van der Waals surface area contributed by atoms with Gasteiger partial charge in [0.25, 0.3) is 0 Å². The highest BCUT2D eigenvalue weighted by Crippen LogP contribution is 2.41. The molecule has 1 saturated carbocycles. The van der Waals surface area contributed by atoms with Crippen molar-refractivity contribution in [2.75, 3.05) is 19.6 Å². The number of nitriles is 1. The molecule has 3 heteroatoms. The molecule has 0 aromatic rings. The third kappa shape index (κ3) is 3.05. The maximum atomic E-state index is 9.69. The highest BCUT2D eigenvalue weighted by atomic mass is 15.2. The monoisotopic (exact) mass is 249 g/mol. The summed E-state index contributed by atoms with van der Waals surface area (Å²) in [5.74, 6) is 0.564. The van der Waals surface area contributed by atoms with Crippen molar-refractivity contribution >= 4 is 0 Å². The van der Waals surface area contributed by atoms with Gasteiger partial charge in [-0.1, -0.05) is 13.8 Å². The molecule has 2 fully saturated rings. The Hall–Kier alpha value is -0.590. The van der Waals surface area contributed by atoms with Gasteiger partial charge in [-0.2, -0.15) is 5.26 Å². The third-order valence-corrected chi connectivity index (χ3v) is 4.25. The number of nitrogens with one attached hydrogen (secondary N) is 1. The number of nitrogens with zero attached hydrogens (tertiary/aromatic N) is 2. The average molecular weight is 249 g/mol. The predicted octanol–water partition coefficient (Wildman–Crippen LogP) is 2.39. The Kier molecular flexibility index (Phi) is 3.71. The van der Waals surface area contributed by atoms with Crippen LogP contribution in [0.15, 0.2) is 0 Å². The van der Waals surface area contributed by atoms with E-state index in [9.17, 15) is 5.26 Å². The summed E-state index contributed by atoms with van der Waals surface area (Å²) in [7, 11) is 0. The second-order valence-electron chi connectivity index (χ2n) is 7.28. The van der Waals surface area contributed by atoms with Crippen LogP contribution in [0.5, 0.6) is 0 Å². The van der Waals surface area contributed by atoms with Gasteiger partial charge < -0.3 is 0 Å². The van der Waals surface area contributed by atoms with Crippen molar-refractivity contribution in [3.05, 3.63) is 0 Å². The van der Waals surface area contributed by atoms with Crippen molar-refractivity contribution in [1.29, 1.82) is 5.26 Å². The summed E-state index contributed by atoms with van der Waals surface area (Å²) < 4.78 is 0. The lowest BCUT2D eigenvalue weighted by Gasteiger charge is -2.34. The normalized spacial score (nSPS) is 27.1. The molecule has 1 saturated heterocycles. The minimum atomic E-state index is -0.311. The molecule has 1 heterocycles. The van der Waals surface area contributed by atoms with E-state index in [-0.39, 0.29) is 5.54 Å². The lowest BCUT2D eigenvalue weighted by Crippen LogP contribution is -2.56. The fourth-order valence-corrected chi connectivity index (χ4v) is 3.25. The van der Waals surface area contributed by atoms with Crippen molar-refractivity contribution in [3.8, 4) is 6.07 Å². The van der Waals surface area contributed by atoms with Gasteiger partial charge in [0.15, 0.2) is 0 Å².